The topological polar surface area (TPSA) is 70.5 Å². The van der Waals surface area contributed by atoms with E-state index in [1.165, 1.54) is 0 Å². The number of hydrogen-bond donors (Lipinski definition) is 2. The molecule has 4 rings (SSSR count). The van der Waals surface area contributed by atoms with Gasteiger partial charge in [0.1, 0.15) is 23.0 Å². The molecule has 32 heavy (non-hydrogen) atoms. The van der Waals surface area contributed by atoms with Crippen LogP contribution < -0.4 is 20.9 Å². The molecule has 0 amide bonds. The third-order valence-corrected chi connectivity index (χ3v) is 5.72. The average Bonchev–Trinajstić information content (AvgIpc) is 2.79. The first kappa shape index (κ1) is 21.9. The Hall–Kier alpha value is -3.34. The Balaban J connectivity index is 1.50. The SMILES string of the molecule is CC(c1ccc(Oc2ccc(N)cc2)c(Cl)c1)c1ccc(Oc2ccc(N)cc2)c(Cl)c1. The summed E-state index contributed by atoms with van der Waals surface area (Å²) < 4.78 is 11.7. The van der Waals surface area contributed by atoms with Crippen LogP contribution in [0.25, 0.3) is 0 Å². The van der Waals surface area contributed by atoms with Gasteiger partial charge in [-0.1, -0.05) is 42.3 Å². The summed E-state index contributed by atoms with van der Waals surface area (Å²) in [7, 11) is 0. The summed E-state index contributed by atoms with van der Waals surface area (Å²) in [5.41, 5.74) is 14.9. The second kappa shape index (κ2) is 9.43. The van der Waals surface area contributed by atoms with E-state index in [-0.39, 0.29) is 5.92 Å². The molecule has 0 bridgehead atoms. The summed E-state index contributed by atoms with van der Waals surface area (Å²) in [6, 6.07) is 25.9. The molecule has 4 aromatic rings. The molecule has 0 aromatic heterocycles. The van der Waals surface area contributed by atoms with Crippen LogP contribution in [0.2, 0.25) is 10.0 Å². The Labute approximate surface area is 197 Å². The molecule has 4 aromatic carbocycles. The summed E-state index contributed by atoms with van der Waals surface area (Å²) in [6.07, 6.45) is 0. The van der Waals surface area contributed by atoms with Crippen molar-refractivity contribution >= 4 is 34.6 Å². The lowest BCUT2D eigenvalue weighted by molar-refractivity contribution is 0.482. The van der Waals surface area contributed by atoms with Gasteiger partial charge in [0.15, 0.2) is 0 Å². The zero-order chi connectivity index (χ0) is 22.7. The molecule has 162 valence electrons. The highest BCUT2D eigenvalue weighted by Crippen LogP contribution is 2.37. The van der Waals surface area contributed by atoms with Crippen molar-refractivity contribution in [1.29, 1.82) is 0 Å². The van der Waals surface area contributed by atoms with Gasteiger partial charge in [0, 0.05) is 17.3 Å². The first-order valence-electron chi connectivity index (χ1n) is 10.0. The van der Waals surface area contributed by atoms with Crippen molar-refractivity contribution in [2.75, 3.05) is 11.5 Å². The maximum absolute atomic E-state index is 6.50. The monoisotopic (exact) mass is 464 g/mol. The molecule has 0 unspecified atom stereocenters. The Morgan fingerprint density at radius 2 is 0.969 bits per heavy atom. The quantitative estimate of drug-likeness (QED) is 0.284. The molecule has 4 N–H and O–H groups in total. The Morgan fingerprint density at radius 3 is 1.31 bits per heavy atom. The molecule has 0 aliphatic carbocycles. The van der Waals surface area contributed by atoms with Crippen molar-refractivity contribution in [3.8, 4) is 23.0 Å². The summed E-state index contributed by atoms with van der Waals surface area (Å²) in [5, 5.41) is 1.06. The predicted molar refractivity (Wildman–Crippen MR) is 132 cm³/mol. The average molecular weight is 465 g/mol. The second-order valence-electron chi connectivity index (χ2n) is 7.44. The molecular weight excluding hydrogens is 443 g/mol. The van der Waals surface area contributed by atoms with E-state index in [9.17, 15) is 0 Å². The van der Waals surface area contributed by atoms with Crippen LogP contribution in [-0.2, 0) is 0 Å². The Bertz CT molecular complexity index is 1130. The molecule has 0 aliphatic heterocycles. The molecule has 0 spiro atoms. The number of nitrogens with two attached hydrogens (primary N) is 2. The number of nitrogen functional groups attached to an aromatic ring is 2. The van der Waals surface area contributed by atoms with Gasteiger partial charge in [-0.3, -0.25) is 0 Å². The zero-order valence-electron chi connectivity index (χ0n) is 17.4. The molecule has 4 nitrogen and oxygen atoms in total. The van der Waals surface area contributed by atoms with Crippen molar-refractivity contribution < 1.29 is 9.47 Å². The molecule has 0 radical (unpaired) electrons. The third kappa shape index (κ3) is 5.10. The van der Waals surface area contributed by atoms with Gasteiger partial charge in [-0.15, -0.1) is 0 Å². The molecular formula is C26H22Cl2N2O2. The highest BCUT2D eigenvalue weighted by atomic mass is 35.5. The number of ether oxygens (including phenoxy) is 2. The molecule has 6 heteroatoms. The number of rotatable bonds is 6. The van der Waals surface area contributed by atoms with E-state index in [2.05, 4.69) is 6.92 Å². The van der Waals surface area contributed by atoms with E-state index >= 15 is 0 Å². The van der Waals surface area contributed by atoms with E-state index < -0.39 is 0 Å². The Kier molecular flexibility index (Phi) is 6.45. The van der Waals surface area contributed by atoms with Gasteiger partial charge in [-0.25, -0.2) is 0 Å². The fraction of sp³-hybridized carbons (Fsp3) is 0.0769. The maximum atomic E-state index is 6.50. The van der Waals surface area contributed by atoms with Crippen LogP contribution >= 0.6 is 23.2 Å². The van der Waals surface area contributed by atoms with Crippen LogP contribution in [0.15, 0.2) is 84.9 Å². The molecule has 0 saturated heterocycles. The predicted octanol–water partition coefficient (Wildman–Crippen LogP) is 7.89. The smallest absolute Gasteiger partial charge is 0.146 e. The highest BCUT2D eigenvalue weighted by molar-refractivity contribution is 6.32. The molecule has 0 saturated carbocycles. The van der Waals surface area contributed by atoms with Gasteiger partial charge in [0.05, 0.1) is 10.0 Å². The fourth-order valence-electron chi connectivity index (χ4n) is 3.26. The number of hydrogen-bond acceptors (Lipinski definition) is 4. The van der Waals surface area contributed by atoms with Crippen molar-refractivity contribution in [2.24, 2.45) is 0 Å². The summed E-state index contributed by atoms with van der Waals surface area (Å²) in [5.74, 6) is 2.58. The van der Waals surface area contributed by atoms with Gasteiger partial charge in [0.25, 0.3) is 0 Å². The lowest BCUT2D eigenvalue weighted by atomic mass is 9.93. The van der Waals surface area contributed by atoms with Crippen LogP contribution in [-0.4, -0.2) is 0 Å². The lowest BCUT2D eigenvalue weighted by Gasteiger charge is -2.16. The highest BCUT2D eigenvalue weighted by Gasteiger charge is 2.14. The summed E-state index contributed by atoms with van der Waals surface area (Å²) in [4.78, 5) is 0. The van der Waals surface area contributed by atoms with Gasteiger partial charge >= 0.3 is 0 Å². The first-order chi connectivity index (χ1) is 15.4. The van der Waals surface area contributed by atoms with Gasteiger partial charge in [0.2, 0.25) is 0 Å². The summed E-state index contributed by atoms with van der Waals surface area (Å²) in [6.45, 7) is 2.10. The largest absolute Gasteiger partial charge is 0.456 e. The van der Waals surface area contributed by atoms with E-state index in [1.807, 2.05) is 36.4 Å². The van der Waals surface area contributed by atoms with Gasteiger partial charge < -0.3 is 20.9 Å². The maximum Gasteiger partial charge on any atom is 0.146 e. The van der Waals surface area contributed by atoms with Crippen molar-refractivity contribution in [3.05, 3.63) is 106 Å². The number of anilines is 2. The fourth-order valence-corrected chi connectivity index (χ4v) is 3.71. The van der Waals surface area contributed by atoms with E-state index in [0.717, 1.165) is 11.1 Å². The number of halogens is 2. The van der Waals surface area contributed by atoms with Crippen LogP contribution in [0.1, 0.15) is 24.0 Å². The summed E-state index contributed by atoms with van der Waals surface area (Å²) >= 11 is 13.0. The normalized spacial score (nSPS) is 10.9. The minimum atomic E-state index is 0.0705. The van der Waals surface area contributed by atoms with Crippen LogP contribution in [0.3, 0.4) is 0 Å². The van der Waals surface area contributed by atoms with Crippen LogP contribution in [0.5, 0.6) is 23.0 Å². The van der Waals surface area contributed by atoms with Crippen molar-refractivity contribution in [3.63, 3.8) is 0 Å². The third-order valence-electron chi connectivity index (χ3n) is 5.13. The van der Waals surface area contributed by atoms with Gasteiger partial charge in [-0.05, 0) is 83.9 Å². The van der Waals surface area contributed by atoms with Crippen LogP contribution in [0.4, 0.5) is 11.4 Å². The van der Waals surface area contributed by atoms with Gasteiger partial charge in [-0.2, -0.15) is 0 Å². The first-order valence-corrected chi connectivity index (χ1v) is 10.8. The minimum absolute atomic E-state index is 0.0705. The van der Waals surface area contributed by atoms with E-state index in [0.29, 0.717) is 44.4 Å². The van der Waals surface area contributed by atoms with Crippen LogP contribution in [0, 0.1) is 0 Å². The van der Waals surface area contributed by atoms with E-state index in [4.69, 9.17) is 44.1 Å². The van der Waals surface area contributed by atoms with Crippen molar-refractivity contribution in [2.45, 2.75) is 12.8 Å². The molecule has 0 aliphatic rings. The standard InChI is InChI=1S/C26H22Cl2N2O2/c1-16(17-2-12-25(23(27)14-17)31-21-8-4-19(29)5-9-21)18-3-13-26(24(28)15-18)32-22-10-6-20(30)7-11-22/h2-16H,29-30H2,1H3. The van der Waals surface area contributed by atoms with Crippen molar-refractivity contribution in [1.82, 2.24) is 0 Å². The zero-order valence-corrected chi connectivity index (χ0v) is 18.9. The molecule has 0 atom stereocenters. The molecule has 0 heterocycles. The lowest BCUT2D eigenvalue weighted by Crippen LogP contribution is -1.97. The second-order valence-corrected chi connectivity index (χ2v) is 8.26. The molecule has 0 fully saturated rings. The minimum Gasteiger partial charge on any atom is -0.456 e. The van der Waals surface area contributed by atoms with E-state index in [1.54, 1.807) is 48.5 Å². The Morgan fingerprint density at radius 1 is 0.594 bits per heavy atom. The number of benzene rings is 4.